The molecule has 1 amide bonds. The number of amides is 1. The number of fused-ring (bicyclic) bond motifs is 1. The molecule has 0 saturated carbocycles. The van der Waals surface area contributed by atoms with Crippen LogP contribution in [0.15, 0.2) is 46.4 Å². The van der Waals surface area contributed by atoms with Crippen LogP contribution in [0.3, 0.4) is 0 Å². The predicted octanol–water partition coefficient (Wildman–Crippen LogP) is 3.53. The molecule has 0 spiro atoms. The highest BCUT2D eigenvalue weighted by Gasteiger charge is 2.13. The Kier molecular flexibility index (Phi) is 4.65. The highest BCUT2D eigenvalue weighted by Crippen LogP contribution is 2.36. The number of benzene rings is 2. The molecule has 1 aliphatic heterocycles. The van der Waals surface area contributed by atoms with Gasteiger partial charge in [0.15, 0.2) is 5.13 Å². The second-order valence-electron chi connectivity index (χ2n) is 5.53. The summed E-state index contributed by atoms with van der Waals surface area (Å²) in [6.07, 6.45) is 2.96. The van der Waals surface area contributed by atoms with E-state index in [9.17, 15) is 9.90 Å². The Morgan fingerprint density at radius 2 is 1.93 bits per heavy atom. The van der Waals surface area contributed by atoms with Crippen LogP contribution in [0.25, 0.3) is 6.08 Å². The quantitative estimate of drug-likeness (QED) is 0.683. The Bertz CT molecular complexity index is 1200. The van der Waals surface area contributed by atoms with Gasteiger partial charge in [-0.1, -0.05) is 46.7 Å². The fraction of sp³-hybridized carbons (Fsp3) is 0. The van der Waals surface area contributed by atoms with Crippen molar-refractivity contribution >= 4 is 63.7 Å². The molecule has 134 valence electrons. The third-order valence-electron chi connectivity index (χ3n) is 3.75. The SMILES string of the molecule is O=C1N=CN=c2cc/c(=C\c3sc(Nc4c(Cl)cccc4Cl)nc3O)cc21. The van der Waals surface area contributed by atoms with E-state index in [1.807, 2.05) is 0 Å². The van der Waals surface area contributed by atoms with Gasteiger partial charge in [-0.15, -0.1) is 0 Å². The Morgan fingerprint density at radius 1 is 1.15 bits per heavy atom. The molecule has 27 heavy (non-hydrogen) atoms. The van der Waals surface area contributed by atoms with E-state index in [-0.39, 0.29) is 11.8 Å². The minimum absolute atomic E-state index is 0.141. The van der Waals surface area contributed by atoms with Gasteiger partial charge in [0.2, 0.25) is 5.88 Å². The standard InChI is InChI=1S/C18H10Cl2N4O2S/c19-11-2-1-3-12(20)15(11)23-18-24-17(26)14(27-18)7-9-4-5-13-10(6-9)16(25)22-8-21-13/h1-8,26H,(H,23,24)/b9-7+. The van der Waals surface area contributed by atoms with E-state index in [2.05, 4.69) is 20.3 Å². The van der Waals surface area contributed by atoms with Crippen molar-refractivity contribution in [3.05, 3.63) is 67.5 Å². The van der Waals surface area contributed by atoms with Crippen molar-refractivity contribution in [2.75, 3.05) is 5.32 Å². The van der Waals surface area contributed by atoms with E-state index in [4.69, 9.17) is 23.2 Å². The number of nitrogens with one attached hydrogen (secondary N) is 1. The first kappa shape index (κ1) is 17.7. The molecule has 0 saturated heterocycles. The van der Waals surface area contributed by atoms with Crippen LogP contribution in [0.5, 0.6) is 5.88 Å². The number of aromatic nitrogens is 1. The molecule has 6 nitrogen and oxygen atoms in total. The largest absolute Gasteiger partial charge is 0.492 e. The monoisotopic (exact) mass is 416 g/mol. The van der Waals surface area contributed by atoms with Gasteiger partial charge in [-0.05, 0) is 35.6 Å². The second kappa shape index (κ2) is 7.11. The van der Waals surface area contributed by atoms with Gasteiger partial charge >= 0.3 is 0 Å². The lowest BCUT2D eigenvalue weighted by atomic mass is 10.1. The molecule has 0 unspecified atom stereocenters. The molecule has 4 rings (SSSR count). The Morgan fingerprint density at radius 3 is 2.70 bits per heavy atom. The maximum atomic E-state index is 11.9. The lowest BCUT2D eigenvalue weighted by Crippen LogP contribution is -2.21. The molecule has 0 atom stereocenters. The average Bonchev–Trinajstić information content (AvgIpc) is 2.98. The molecule has 3 aromatic rings. The number of hydrogen-bond donors (Lipinski definition) is 2. The van der Waals surface area contributed by atoms with Gasteiger partial charge in [-0.2, -0.15) is 9.98 Å². The summed E-state index contributed by atoms with van der Waals surface area (Å²) in [5.74, 6) is -0.489. The van der Waals surface area contributed by atoms with Crippen LogP contribution in [-0.4, -0.2) is 22.3 Å². The summed E-state index contributed by atoms with van der Waals surface area (Å²) in [5, 5.41) is 15.8. The maximum Gasteiger partial charge on any atom is 0.280 e. The van der Waals surface area contributed by atoms with Gasteiger partial charge in [0.1, 0.15) is 6.34 Å². The molecule has 0 fully saturated rings. The number of nitrogens with zero attached hydrogens (tertiary/aromatic N) is 3. The van der Waals surface area contributed by atoms with E-state index in [1.54, 1.807) is 42.5 Å². The third-order valence-corrected chi connectivity index (χ3v) is 5.29. The minimum Gasteiger partial charge on any atom is -0.492 e. The zero-order chi connectivity index (χ0) is 19.0. The van der Waals surface area contributed by atoms with Gasteiger partial charge in [0.25, 0.3) is 5.91 Å². The number of halogens is 2. The van der Waals surface area contributed by atoms with Crippen LogP contribution >= 0.6 is 34.5 Å². The summed E-state index contributed by atoms with van der Waals surface area (Å²) in [7, 11) is 0. The van der Waals surface area contributed by atoms with Crippen LogP contribution in [-0.2, 0) is 0 Å². The van der Waals surface area contributed by atoms with E-state index >= 15 is 0 Å². The first-order chi connectivity index (χ1) is 13.0. The van der Waals surface area contributed by atoms with Crippen LogP contribution in [0.2, 0.25) is 10.0 Å². The van der Waals surface area contributed by atoms with E-state index < -0.39 is 0 Å². The molecule has 0 aliphatic carbocycles. The Balaban J connectivity index is 1.70. The number of carbonyl (C=O) groups is 1. The van der Waals surface area contributed by atoms with Crippen molar-refractivity contribution in [3.8, 4) is 5.88 Å². The maximum absolute atomic E-state index is 11.9. The summed E-state index contributed by atoms with van der Waals surface area (Å²) in [6.45, 7) is 0. The summed E-state index contributed by atoms with van der Waals surface area (Å²) < 4.78 is 0. The Hall–Kier alpha value is -2.74. The topological polar surface area (TPSA) is 86.9 Å². The number of anilines is 2. The first-order valence-corrected chi connectivity index (χ1v) is 9.26. The smallest absolute Gasteiger partial charge is 0.280 e. The third kappa shape index (κ3) is 3.57. The van der Waals surface area contributed by atoms with Gasteiger partial charge < -0.3 is 10.4 Å². The van der Waals surface area contributed by atoms with E-state index in [0.29, 0.717) is 36.7 Å². The molecule has 2 aromatic carbocycles. The van der Waals surface area contributed by atoms with Crippen molar-refractivity contribution < 1.29 is 9.90 Å². The summed E-state index contributed by atoms with van der Waals surface area (Å²) in [6, 6.07) is 10.3. The van der Waals surface area contributed by atoms with Crippen LogP contribution in [0, 0.1) is 0 Å². The van der Waals surface area contributed by atoms with Crippen molar-refractivity contribution in [1.29, 1.82) is 0 Å². The van der Waals surface area contributed by atoms with Gasteiger partial charge in [-0.25, -0.2) is 4.99 Å². The number of aliphatic imine (C=N–C) groups is 1. The first-order valence-electron chi connectivity index (χ1n) is 7.68. The molecule has 0 radical (unpaired) electrons. The summed E-state index contributed by atoms with van der Waals surface area (Å²) in [5.41, 5.74) is 0.927. The highest BCUT2D eigenvalue weighted by atomic mass is 35.5. The normalized spacial score (nSPS) is 13.4. The zero-order valence-corrected chi connectivity index (χ0v) is 15.8. The molecular formula is C18H10Cl2N4O2S. The molecule has 2 heterocycles. The molecule has 2 N–H and O–H groups in total. The van der Waals surface area contributed by atoms with Crippen molar-refractivity contribution in [3.63, 3.8) is 0 Å². The van der Waals surface area contributed by atoms with Crippen molar-refractivity contribution in [2.45, 2.75) is 0 Å². The lowest BCUT2D eigenvalue weighted by molar-refractivity contribution is 0.100. The number of para-hydroxylation sites is 1. The lowest BCUT2D eigenvalue weighted by Gasteiger charge is -2.06. The fourth-order valence-electron chi connectivity index (χ4n) is 2.49. The number of hydrogen-bond acceptors (Lipinski definition) is 6. The minimum atomic E-state index is -0.348. The molecule has 1 aliphatic rings. The number of thiazole rings is 1. The van der Waals surface area contributed by atoms with Crippen LogP contribution in [0.4, 0.5) is 10.8 Å². The molecule has 9 heteroatoms. The van der Waals surface area contributed by atoms with Crippen LogP contribution in [0.1, 0.15) is 15.2 Å². The van der Waals surface area contributed by atoms with Crippen LogP contribution < -0.4 is 15.9 Å². The molecule has 1 aromatic heterocycles. The molecular weight excluding hydrogens is 407 g/mol. The van der Waals surface area contributed by atoms with E-state index in [1.165, 1.54) is 17.7 Å². The second-order valence-corrected chi connectivity index (χ2v) is 7.37. The van der Waals surface area contributed by atoms with Crippen molar-refractivity contribution in [2.24, 2.45) is 9.98 Å². The average molecular weight is 417 g/mol. The van der Waals surface area contributed by atoms with E-state index in [0.717, 1.165) is 5.22 Å². The van der Waals surface area contributed by atoms with Crippen molar-refractivity contribution in [1.82, 2.24) is 4.98 Å². The molecule has 0 bridgehead atoms. The zero-order valence-electron chi connectivity index (χ0n) is 13.5. The van der Waals surface area contributed by atoms with Gasteiger partial charge in [0, 0.05) is 0 Å². The number of aromatic hydroxyl groups is 1. The highest BCUT2D eigenvalue weighted by molar-refractivity contribution is 7.16. The summed E-state index contributed by atoms with van der Waals surface area (Å²) >= 11 is 13.5. The Labute approximate surface area is 167 Å². The van der Waals surface area contributed by atoms with Gasteiger partial charge in [0.05, 0.1) is 31.5 Å². The summed E-state index contributed by atoms with van der Waals surface area (Å²) in [4.78, 5) is 24.2. The fourth-order valence-corrected chi connectivity index (χ4v) is 3.80. The predicted molar refractivity (Wildman–Crippen MR) is 107 cm³/mol. The number of rotatable bonds is 3. The van der Waals surface area contributed by atoms with Gasteiger partial charge in [-0.3, -0.25) is 4.79 Å². The number of carbonyl (C=O) groups excluding carboxylic acids is 1.